The molecule has 0 unspecified atom stereocenters. The first-order chi connectivity index (χ1) is 28.6. The Hall–Kier alpha value is -7.35. The van der Waals surface area contributed by atoms with Gasteiger partial charge in [0.25, 0.3) is 0 Å². The van der Waals surface area contributed by atoms with E-state index in [1.165, 1.54) is 137 Å². The lowest BCUT2D eigenvalue weighted by molar-refractivity contribution is 1.34. The van der Waals surface area contributed by atoms with E-state index in [0.29, 0.717) is 0 Å². The maximum atomic E-state index is 4.95. The van der Waals surface area contributed by atoms with Gasteiger partial charge in [-0.1, -0.05) is 157 Å². The Morgan fingerprint density at radius 3 is 1.66 bits per heavy atom. The van der Waals surface area contributed by atoms with Crippen LogP contribution >= 0.6 is 0 Å². The van der Waals surface area contributed by atoms with Crippen molar-refractivity contribution in [2.75, 3.05) is 0 Å². The first-order valence-corrected chi connectivity index (χ1v) is 20.3. The van der Waals surface area contributed by atoms with Gasteiger partial charge in [0.05, 0.1) is 5.69 Å². The predicted molar refractivity (Wildman–Crippen MR) is 246 cm³/mol. The standard InChI is InChI=1S/C57H35N/c1-32-22-24-37-45(29-32)46(30-48-41-25-23-33(2)50-44-21-12-28-58-57(44)49(54(41)50)31-47(37)48)36-26-27-43-53-38(36)19-11-20-42(53)55-51(34-13-5-3-6-14-34)39-17-9-10-18-40(39)52(56(43)55)35-15-7-4-8-16-35/h3-31H,1-2H3. The summed E-state index contributed by atoms with van der Waals surface area (Å²) in [6.07, 6.45) is 1.93. The van der Waals surface area contributed by atoms with E-state index in [0.717, 1.165) is 5.69 Å². The molecule has 0 saturated carbocycles. The Morgan fingerprint density at radius 1 is 0.310 bits per heavy atom. The summed E-state index contributed by atoms with van der Waals surface area (Å²) in [7, 11) is 0. The van der Waals surface area contributed by atoms with Crippen molar-refractivity contribution in [1.29, 1.82) is 0 Å². The second kappa shape index (κ2) is 11.6. The SMILES string of the molecule is Cc1ccc2c(c1)c(-c1ccc3c4c(cccc14)-c1c-3c(-c3ccccc3)c3ccccc3c1-c1ccccc1)cc1c3ccc(C)c4c3c(cc21)-c1ncccc1-4. The van der Waals surface area contributed by atoms with E-state index < -0.39 is 0 Å². The van der Waals surface area contributed by atoms with Crippen LogP contribution in [0.3, 0.4) is 0 Å². The molecule has 2 aliphatic rings. The van der Waals surface area contributed by atoms with E-state index >= 15 is 0 Å². The summed E-state index contributed by atoms with van der Waals surface area (Å²) in [4.78, 5) is 4.95. The zero-order valence-corrected chi connectivity index (χ0v) is 32.2. The third kappa shape index (κ3) is 4.12. The fourth-order valence-electron chi connectivity index (χ4n) is 10.8. The van der Waals surface area contributed by atoms with E-state index in [9.17, 15) is 0 Å². The zero-order valence-electron chi connectivity index (χ0n) is 32.2. The van der Waals surface area contributed by atoms with Gasteiger partial charge in [0.2, 0.25) is 0 Å². The minimum Gasteiger partial charge on any atom is -0.256 e. The van der Waals surface area contributed by atoms with E-state index in [1.54, 1.807) is 0 Å². The van der Waals surface area contributed by atoms with Gasteiger partial charge in [0.1, 0.15) is 0 Å². The molecule has 0 N–H and O–H groups in total. The molecule has 58 heavy (non-hydrogen) atoms. The highest BCUT2D eigenvalue weighted by molar-refractivity contribution is 6.32. The Balaban J connectivity index is 1.16. The first kappa shape index (κ1) is 31.8. The molecule has 0 saturated heterocycles. The molecule has 1 heteroatoms. The van der Waals surface area contributed by atoms with Crippen molar-refractivity contribution in [3.05, 3.63) is 187 Å². The van der Waals surface area contributed by atoms with Crippen molar-refractivity contribution in [3.63, 3.8) is 0 Å². The van der Waals surface area contributed by atoms with Crippen LogP contribution in [0, 0.1) is 13.8 Å². The maximum absolute atomic E-state index is 4.95. The molecule has 0 radical (unpaired) electrons. The second-order valence-corrected chi connectivity index (χ2v) is 16.2. The summed E-state index contributed by atoms with van der Waals surface area (Å²) in [6.45, 7) is 4.45. The van der Waals surface area contributed by atoms with Crippen LogP contribution < -0.4 is 0 Å². The molecular formula is C57H35N. The fourth-order valence-corrected chi connectivity index (χ4v) is 10.8. The zero-order chi connectivity index (χ0) is 38.2. The average molecular weight is 734 g/mol. The van der Waals surface area contributed by atoms with Gasteiger partial charge >= 0.3 is 0 Å². The molecule has 13 rings (SSSR count). The highest BCUT2D eigenvalue weighted by atomic mass is 14.7. The van der Waals surface area contributed by atoms with E-state index in [1.807, 2.05) is 6.20 Å². The molecule has 10 aromatic carbocycles. The number of aryl methyl sites for hydroxylation is 2. The van der Waals surface area contributed by atoms with Crippen molar-refractivity contribution in [1.82, 2.24) is 4.98 Å². The summed E-state index contributed by atoms with van der Waals surface area (Å²) in [5.41, 5.74) is 20.3. The molecular weight excluding hydrogens is 699 g/mol. The molecule has 268 valence electrons. The Bertz CT molecular complexity index is 3520. The Kier molecular flexibility index (Phi) is 6.36. The van der Waals surface area contributed by atoms with Crippen molar-refractivity contribution in [2.45, 2.75) is 13.8 Å². The lowest BCUT2D eigenvalue weighted by atomic mass is 9.82. The lowest BCUT2D eigenvalue weighted by Crippen LogP contribution is -1.93. The minimum absolute atomic E-state index is 1.09. The summed E-state index contributed by atoms with van der Waals surface area (Å²) in [5.74, 6) is 0. The van der Waals surface area contributed by atoms with Crippen LogP contribution in [0.1, 0.15) is 11.1 Å². The van der Waals surface area contributed by atoms with Gasteiger partial charge in [-0.2, -0.15) is 0 Å². The van der Waals surface area contributed by atoms with Gasteiger partial charge < -0.3 is 0 Å². The fraction of sp³-hybridized carbons (Fsp3) is 0.0351. The Labute approximate surface area is 336 Å². The third-order valence-corrected chi connectivity index (χ3v) is 13.1. The van der Waals surface area contributed by atoms with Crippen molar-refractivity contribution < 1.29 is 0 Å². The number of aromatic nitrogens is 1. The van der Waals surface area contributed by atoms with Crippen LogP contribution in [0.2, 0.25) is 0 Å². The second-order valence-electron chi connectivity index (χ2n) is 16.2. The first-order valence-electron chi connectivity index (χ1n) is 20.3. The summed E-state index contributed by atoms with van der Waals surface area (Å²) in [5, 5.41) is 12.9. The van der Waals surface area contributed by atoms with E-state index in [4.69, 9.17) is 4.98 Å². The van der Waals surface area contributed by atoms with Gasteiger partial charge in [-0.15, -0.1) is 0 Å². The smallest absolute Gasteiger partial charge is 0.0787 e. The summed E-state index contributed by atoms with van der Waals surface area (Å²) in [6, 6.07) is 63.8. The predicted octanol–water partition coefficient (Wildman–Crippen LogP) is 15.8. The number of nitrogens with zero attached hydrogens (tertiary/aromatic N) is 1. The Morgan fingerprint density at radius 2 is 0.914 bits per heavy atom. The van der Waals surface area contributed by atoms with Crippen LogP contribution in [-0.2, 0) is 0 Å². The summed E-state index contributed by atoms with van der Waals surface area (Å²) < 4.78 is 0. The number of hydrogen-bond donors (Lipinski definition) is 0. The number of rotatable bonds is 3. The summed E-state index contributed by atoms with van der Waals surface area (Å²) >= 11 is 0. The van der Waals surface area contributed by atoms with E-state index in [-0.39, 0.29) is 0 Å². The number of fused-ring (bicyclic) bond motifs is 11. The molecule has 1 aromatic heterocycles. The quantitative estimate of drug-likeness (QED) is 0.165. The van der Waals surface area contributed by atoms with Crippen LogP contribution in [0.5, 0.6) is 0 Å². The molecule has 1 heterocycles. The van der Waals surface area contributed by atoms with Crippen LogP contribution in [0.15, 0.2) is 176 Å². The molecule has 0 fully saturated rings. The molecule has 0 amide bonds. The van der Waals surface area contributed by atoms with Gasteiger partial charge in [-0.05, 0) is 153 Å². The topological polar surface area (TPSA) is 12.9 Å². The molecule has 0 bridgehead atoms. The normalized spacial score (nSPS) is 12.3. The van der Waals surface area contributed by atoms with Crippen molar-refractivity contribution >= 4 is 53.9 Å². The lowest BCUT2D eigenvalue weighted by Gasteiger charge is -2.20. The number of hydrogen-bond acceptors (Lipinski definition) is 1. The number of pyridine rings is 1. The van der Waals surface area contributed by atoms with Crippen LogP contribution in [-0.4, -0.2) is 4.98 Å². The molecule has 0 atom stereocenters. The highest BCUT2D eigenvalue weighted by Gasteiger charge is 2.32. The monoisotopic (exact) mass is 733 g/mol. The largest absolute Gasteiger partial charge is 0.256 e. The van der Waals surface area contributed by atoms with Gasteiger partial charge in [0, 0.05) is 17.3 Å². The van der Waals surface area contributed by atoms with Crippen LogP contribution in [0.4, 0.5) is 0 Å². The molecule has 11 aromatic rings. The van der Waals surface area contributed by atoms with E-state index in [2.05, 4.69) is 184 Å². The minimum atomic E-state index is 1.09. The molecule has 0 spiro atoms. The van der Waals surface area contributed by atoms with Crippen molar-refractivity contribution in [3.8, 4) is 78.0 Å². The molecule has 1 nitrogen and oxygen atoms in total. The van der Waals surface area contributed by atoms with Crippen molar-refractivity contribution in [2.24, 2.45) is 0 Å². The highest BCUT2D eigenvalue weighted by Crippen LogP contribution is 2.59. The molecule has 2 aliphatic carbocycles. The maximum Gasteiger partial charge on any atom is 0.0787 e. The van der Waals surface area contributed by atoms with Gasteiger partial charge in [0.15, 0.2) is 0 Å². The third-order valence-electron chi connectivity index (χ3n) is 13.1. The van der Waals surface area contributed by atoms with Crippen LogP contribution in [0.25, 0.3) is 132 Å². The molecule has 0 aliphatic heterocycles. The van der Waals surface area contributed by atoms with Gasteiger partial charge in [-0.25, -0.2) is 0 Å². The number of benzene rings is 10. The average Bonchev–Trinajstić information content (AvgIpc) is 3.79. The van der Waals surface area contributed by atoms with Gasteiger partial charge in [-0.3, -0.25) is 4.98 Å².